The molecule has 1 aliphatic rings. The summed E-state index contributed by atoms with van der Waals surface area (Å²) in [6.45, 7) is 2.65. The number of nitrogens with zero attached hydrogens (tertiary/aromatic N) is 3. The quantitative estimate of drug-likeness (QED) is 0.770. The molecule has 1 saturated heterocycles. The molecule has 1 fully saturated rings. The molecule has 0 radical (unpaired) electrons. The Morgan fingerprint density at radius 3 is 2.54 bits per heavy atom. The molecule has 3 rings (SSSR count). The van der Waals surface area contributed by atoms with E-state index in [4.69, 9.17) is 9.47 Å². The van der Waals surface area contributed by atoms with Crippen LogP contribution in [0.15, 0.2) is 42.1 Å². The average Bonchev–Trinajstić information content (AvgIpc) is 3.11. The number of rotatable bonds is 6. The van der Waals surface area contributed by atoms with Gasteiger partial charge in [-0.1, -0.05) is 29.8 Å². The summed E-state index contributed by atoms with van der Waals surface area (Å²) < 4.78 is 37.3. The molecule has 26 heavy (non-hydrogen) atoms. The van der Waals surface area contributed by atoms with Crippen molar-refractivity contribution in [2.75, 3.05) is 20.2 Å². The van der Waals surface area contributed by atoms with E-state index in [1.165, 1.54) is 29.2 Å². The predicted octanol–water partition coefficient (Wildman–Crippen LogP) is 2.25. The van der Waals surface area contributed by atoms with Crippen molar-refractivity contribution >= 4 is 16.1 Å². The summed E-state index contributed by atoms with van der Waals surface area (Å²) in [5.74, 6) is 0.558. The Hall–Kier alpha value is -2.45. The molecule has 0 aliphatic carbocycles. The van der Waals surface area contributed by atoms with Gasteiger partial charge >= 0.3 is 0 Å². The van der Waals surface area contributed by atoms with Gasteiger partial charge in [0.25, 0.3) is 11.8 Å². The number of aromatic nitrogens is 2. The topological polar surface area (TPSA) is 81.6 Å². The van der Waals surface area contributed by atoms with Crippen molar-refractivity contribution < 1.29 is 17.9 Å². The Bertz CT molecular complexity index is 882. The van der Waals surface area contributed by atoms with E-state index >= 15 is 0 Å². The second kappa shape index (κ2) is 7.84. The first kappa shape index (κ1) is 18.3. The van der Waals surface area contributed by atoms with Crippen molar-refractivity contribution in [2.45, 2.75) is 19.4 Å². The highest BCUT2D eigenvalue weighted by molar-refractivity contribution is 7.92. The zero-order valence-electron chi connectivity index (χ0n) is 14.7. The van der Waals surface area contributed by atoms with Gasteiger partial charge in [0.05, 0.1) is 13.7 Å². The maximum absolute atomic E-state index is 12.5. The minimum atomic E-state index is -3.50. The lowest BCUT2D eigenvalue weighted by Crippen LogP contribution is -2.29. The Morgan fingerprint density at radius 2 is 1.85 bits per heavy atom. The molecule has 0 saturated carbocycles. The second-order valence-corrected chi connectivity index (χ2v) is 7.83. The monoisotopic (exact) mass is 375 g/mol. The van der Waals surface area contributed by atoms with E-state index in [1.807, 2.05) is 31.2 Å². The summed E-state index contributed by atoms with van der Waals surface area (Å²) in [6, 6.07) is 7.66. The van der Waals surface area contributed by atoms with Crippen LogP contribution in [0.3, 0.4) is 0 Å². The first-order chi connectivity index (χ1) is 12.5. The number of sulfonamides is 1. The van der Waals surface area contributed by atoms with Crippen molar-refractivity contribution in [1.82, 2.24) is 14.3 Å². The van der Waals surface area contributed by atoms with Crippen LogP contribution in [0, 0.1) is 6.92 Å². The van der Waals surface area contributed by atoms with Gasteiger partial charge in [0.1, 0.15) is 6.10 Å². The van der Waals surface area contributed by atoms with Gasteiger partial charge in [-0.3, -0.25) is 0 Å². The van der Waals surface area contributed by atoms with E-state index in [-0.39, 0.29) is 24.4 Å². The van der Waals surface area contributed by atoms with Crippen LogP contribution in [-0.4, -0.2) is 49.0 Å². The van der Waals surface area contributed by atoms with Gasteiger partial charge in [-0.25, -0.2) is 18.4 Å². The lowest BCUT2D eigenvalue weighted by Gasteiger charge is -2.15. The molecule has 8 heteroatoms. The van der Waals surface area contributed by atoms with Gasteiger partial charge < -0.3 is 9.47 Å². The zero-order chi connectivity index (χ0) is 18.6. The normalized spacial score (nSPS) is 18.3. The van der Waals surface area contributed by atoms with Crippen molar-refractivity contribution in [3.63, 3.8) is 0 Å². The molecule has 0 bridgehead atoms. The number of ether oxygens (including phenoxy) is 2. The highest BCUT2D eigenvalue weighted by Crippen LogP contribution is 2.25. The number of aryl methyl sites for hydroxylation is 1. The third kappa shape index (κ3) is 4.39. The largest absolute Gasteiger partial charge is 0.477 e. The summed E-state index contributed by atoms with van der Waals surface area (Å²) in [5, 5.41) is 1.24. The first-order valence-electron chi connectivity index (χ1n) is 8.24. The number of hydrogen-bond donors (Lipinski definition) is 0. The molecule has 1 aromatic heterocycles. The van der Waals surface area contributed by atoms with E-state index in [9.17, 15) is 8.42 Å². The molecule has 1 aromatic carbocycles. The molecular weight excluding hydrogens is 354 g/mol. The SMILES string of the molecule is COc1nccnc1OC1CCN(S(=O)(=O)/C=C/c2ccc(C)cc2)C1. The molecule has 1 aliphatic heterocycles. The zero-order valence-corrected chi connectivity index (χ0v) is 15.5. The van der Waals surface area contributed by atoms with Gasteiger partial charge in [0, 0.05) is 24.3 Å². The van der Waals surface area contributed by atoms with Gasteiger partial charge in [-0.05, 0) is 25.0 Å². The smallest absolute Gasteiger partial charge is 0.278 e. The fourth-order valence-electron chi connectivity index (χ4n) is 2.64. The molecule has 1 atom stereocenters. The van der Waals surface area contributed by atoms with E-state index in [0.717, 1.165) is 11.1 Å². The summed E-state index contributed by atoms with van der Waals surface area (Å²) >= 11 is 0. The van der Waals surface area contributed by atoms with Crippen LogP contribution >= 0.6 is 0 Å². The summed E-state index contributed by atoms with van der Waals surface area (Å²) in [5.41, 5.74) is 1.97. The van der Waals surface area contributed by atoms with Crippen molar-refractivity contribution in [2.24, 2.45) is 0 Å². The Labute approximate surface area is 153 Å². The molecule has 1 unspecified atom stereocenters. The lowest BCUT2D eigenvalue weighted by atomic mass is 10.2. The van der Waals surface area contributed by atoms with Crippen LogP contribution in [0.1, 0.15) is 17.5 Å². The summed E-state index contributed by atoms with van der Waals surface area (Å²) in [4.78, 5) is 8.12. The average molecular weight is 375 g/mol. The maximum Gasteiger partial charge on any atom is 0.278 e. The number of benzene rings is 1. The van der Waals surface area contributed by atoms with Crippen molar-refractivity contribution in [1.29, 1.82) is 0 Å². The number of methoxy groups -OCH3 is 1. The Balaban J connectivity index is 1.64. The van der Waals surface area contributed by atoms with E-state index in [2.05, 4.69) is 9.97 Å². The molecule has 0 amide bonds. The molecule has 138 valence electrons. The molecule has 2 aromatic rings. The van der Waals surface area contributed by atoms with Crippen LogP contribution in [-0.2, 0) is 10.0 Å². The van der Waals surface area contributed by atoms with Crippen molar-refractivity contribution in [3.05, 3.63) is 53.2 Å². The highest BCUT2D eigenvalue weighted by atomic mass is 32.2. The molecular formula is C18H21N3O4S. The van der Waals surface area contributed by atoms with Gasteiger partial charge in [0.2, 0.25) is 10.0 Å². The van der Waals surface area contributed by atoms with Crippen LogP contribution in [0.2, 0.25) is 0 Å². The van der Waals surface area contributed by atoms with Crippen LogP contribution in [0.5, 0.6) is 11.8 Å². The number of hydrogen-bond acceptors (Lipinski definition) is 6. The summed E-state index contributed by atoms with van der Waals surface area (Å²) in [7, 11) is -2.02. The summed E-state index contributed by atoms with van der Waals surface area (Å²) in [6.07, 6.45) is 4.91. The molecule has 0 N–H and O–H groups in total. The van der Waals surface area contributed by atoms with E-state index in [1.54, 1.807) is 6.08 Å². The minimum Gasteiger partial charge on any atom is -0.477 e. The van der Waals surface area contributed by atoms with Gasteiger partial charge in [-0.15, -0.1) is 0 Å². The van der Waals surface area contributed by atoms with Crippen LogP contribution < -0.4 is 9.47 Å². The molecule has 0 spiro atoms. The molecule has 2 heterocycles. The fourth-order valence-corrected chi connectivity index (χ4v) is 3.88. The standard InChI is InChI=1S/C18H21N3O4S/c1-14-3-5-15(6-4-14)8-12-26(22,23)21-11-7-16(13-21)25-18-17(24-2)19-9-10-20-18/h3-6,8-10,12,16H,7,11,13H2,1-2H3/b12-8+. The fraction of sp³-hybridized carbons (Fsp3) is 0.333. The lowest BCUT2D eigenvalue weighted by molar-refractivity contribution is 0.194. The second-order valence-electron chi connectivity index (χ2n) is 6.02. The third-order valence-corrected chi connectivity index (χ3v) is 5.61. The Morgan fingerprint density at radius 1 is 1.15 bits per heavy atom. The van der Waals surface area contributed by atoms with Gasteiger partial charge in [0.15, 0.2) is 0 Å². The van der Waals surface area contributed by atoms with Crippen molar-refractivity contribution in [3.8, 4) is 11.8 Å². The van der Waals surface area contributed by atoms with Crippen LogP contribution in [0.25, 0.3) is 6.08 Å². The third-order valence-electron chi connectivity index (χ3n) is 4.08. The highest BCUT2D eigenvalue weighted by Gasteiger charge is 2.32. The first-order valence-corrected chi connectivity index (χ1v) is 9.75. The predicted molar refractivity (Wildman–Crippen MR) is 98.3 cm³/mol. The van der Waals surface area contributed by atoms with Crippen LogP contribution in [0.4, 0.5) is 0 Å². The molecule has 7 nitrogen and oxygen atoms in total. The van der Waals surface area contributed by atoms with E-state index in [0.29, 0.717) is 13.0 Å². The van der Waals surface area contributed by atoms with Gasteiger partial charge in [-0.2, -0.15) is 4.31 Å². The minimum absolute atomic E-state index is 0.264. The Kier molecular flexibility index (Phi) is 5.53. The maximum atomic E-state index is 12.5. The van der Waals surface area contributed by atoms with E-state index < -0.39 is 10.0 Å².